The van der Waals surface area contributed by atoms with Crippen molar-refractivity contribution in [3.63, 3.8) is 0 Å². The molecule has 1 unspecified atom stereocenters. The van der Waals surface area contributed by atoms with Crippen molar-refractivity contribution >= 4 is 23.7 Å². The van der Waals surface area contributed by atoms with Crippen LogP contribution >= 0.6 is 0 Å². The molecule has 8 nitrogen and oxygen atoms in total. The third-order valence-electron chi connectivity index (χ3n) is 6.34. The lowest BCUT2D eigenvalue weighted by atomic mass is 9.95. The van der Waals surface area contributed by atoms with E-state index in [9.17, 15) is 14.9 Å². The second kappa shape index (κ2) is 11.1. The van der Waals surface area contributed by atoms with Crippen LogP contribution in [0.3, 0.4) is 0 Å². The number of piperidine rings is 1. The first-order chi connectivity index (χ1) is 16.2. The van der Waals surface area contributed by atoms with Gasteiger partial charge in [-0.2, -0.15) is 5.26 Å². The second-order valence-corrected chi connectivity index (χ2v) is 8.95. The largest absolute Gasteiger partial charge is 0.383 e. The molecule has 1 atom stereocenters. The lowest BCUT2D eigenvalue weighted by Gasteiger charge is -2.31. The van der Waals surface area contributed by atoms with E-state index >= 15 is 0 Å². The number of methoxy groups -OCH3 is 1. The lowest BCUT2D eigenvalue weighted by Crippen LogP contribution is -2.42. The molecule has 0 radical (unpaired) electrons. The Bertz CT molecular complexity index is 1100. The van der Waals surface area contributed by atoms with E-state index in [1.54, 1.807) is 30.3 Å². The molecule has 8 heteroatoms. The van der Waals surface area contributed by atoms with Crippen LogP contribution in [-0.4, -0.2) is 53.1 Å². The predicted molar refractivity (Wildman–Crippen MR) is 131 cm³/mol. The van der Waals surface area contributed by atoms with Gasteiger partial charge in [-0.15, -0.1) is 0 Å². The highest BCUT2D eigenvalue weighted by atomic mass is 16.5. The maximum atomic E-state index is 13.1. The predicted octanol–water partition coefficient (Wildman–Crippen LogP) is 3.80. The summed E-state index contributed by atoms with van der Waals surface area (Å²) >= 11 is 0. The molecule has 3 heterocycles. The van der Waals surface area contributed by atoms with Crippen molar-refractivity contribution < 1.29 is 14.3 Å². The van der Waals surface area contributed by atoms with Crippen molar-refractivity contribution in [2.24, 2.45) is 5.92 Å². The van der Waals surface area contributed by atoms with E-state index in [1.807, 2.05) is 32.9 Å². The number of aryl methyl sites for hydroxylation is 2. The molecule has 1 aliphatic heterocycles. The van der Waals surface area contributed by atoms with Gasteiger partial charge < -0.3 is 19.5 Å². The number of pyridine rings is 1. The minimum Gasteiger partial charge on any atom is -0.383 e. The summed E-state index contributed by atoms with van der Waals surface area (Å²) < 4.78 is 7.43. The molecule has 2 aromatic rings. The number of rotatable bonds is 7. The normalized spacial score (nSPS) is 15.6. The summed E-state index contributed by atoms with van der Waals surface area (Å²) in [6.45, 7) is 9.44. The lowest BCUT2D eigenvalue weighted by molar-refractivity contribution is -0.130. The highest BCUT2D eigenvalue weighted by Crippen LogP contribution is 2.25. The zero-order chi connectivity index (χ0) is 24.8. The zero-order valence-electron chi connectivity index (χ0n) is 20.6. The maximum Gasteiger partial charge on any atom is 0.264 e. The van der Waals surface area contributed by atoms with Crippen LogP contribution in [0.25, 0.3) is 6.08 Å². The fourth-order valence-corrected chi connectivity index (χ4v) is 4.53. The van der Waals surface area contributed by atoms with Gasteiger partial charge in [0, 0.05) is 43.7 Å². The van der Waals surface area contributed by atoms with Gasteiger partial charge in [0.25, 0.3) is 5.91 Å². The quantitative estimate of drug-likeness (QED) is 0.497. The van der Waals surface area contributed by atoms with Gasteiger partial charge in [-0.05, 0) is 69.9 Å². The monoisotopic (exact) mass is 463 g/mol. The standard InChI is InChI=1S/C26H33N5O3/c1-17-6-7-24(28-15-17)29-25(32)21-8-10-30(11-9-21)26(33)23(14-27)13-22-12-18(2)31(20(22)4)19(3)16-34-5/h6-7,12-13,15,19,21H,8-11,16H2,1-5H3,(H,28,29,32)/b23-13-. The fraction of sp³-hybridized carbons (Fsp3) is 0.462. The van der Waals surface area contributed by atoms with Crippen LogP contribution in [0.2, 0.25) is 0 Å². The van der Waals surface area contributed by atoms with Crippen LogP contribution in [0.4, 0.5) is 5.82 Å². The number of amides is 2. The third kappa shape index (κ3) is 5.72. The summed E-state index contributed by atoms with van der Waals surface area (Å²) in [5.41, 5.74) is 4.02. The van der Waals surface area contributed by atoms with Crippen LogP contribution in [-0.2, 0) is 14.3 Å². The minimum atomic E-state index is -0.295. The molecule has 34 heavy (non-hydrogen) atoms. The smallest absolute Gasteiger partial charge is 0.264 e. The summed E-state index contributed by atoms with van der Waals surface area (Å²) in [6, 6.07) is 7.89. The van der Waals surface area contributed by atoms with Crippen LogP contribution in [0.5, 0.6) is 0 Å². The molecule has 0 spiro atoms. The number of ether oxygens (including phenoxy) is 1. The topological polar surface area (TPSA) is 100 Å². The van der Waals surface area contributed by atoms with Crippen molar-refractivity contribution in [2.45, 2.75) is 46.6 Å². The van der Waals surface area contributed by atoms with E-state index in [0.29, 0.717) is 38.4 Å². The molecule has 0 bridgehead atoms. The Morgan fingerprint density at radius 3 is 2.59 bits per heavy atom. The Morgan fingerprint density at radius 2 is 2.00 bits per heavy atom. The van der Waals surface area contributed by atoms with Crippen molar-refractivity contribution in [3.05, 3.63) is 52.5 Å². The first-order valence-corrected chi connectivity index (χ1v) is 11.6. The number of hydrogen-bond acceptors (Lipinski definition) is 5. The Hall–Kier alpha value is -3.44. The first-order valence-electron chi connectivity index (χ1n) is 11.6. The van der Waals surface area contributed by atoms with Gasteiger partial charge in [0.2, 0.25) is 5.91 Å². The van der Waals surface area contributed by atoms with E-state index in [0.717, 1.165) is 22.5 Å². The Labute approximate surface area is 201 Å². The molecule has 1 N–H and O–H groups in total. The van der Waals surface area contributed by atoms with Crippen LogP contribution in [0, 0.1) is 38.0 Å². The number of anilines is 1. The van der Waals surface area contributed by atoms with E-state index in [4.69, 9.17) is 4.74 Å². The molecule has 1 saturated heterocycles. The summed E-state index contributed by atoms with van der Waals surface area (Å²) in [6.07, 6.45) is 4.47. The van der Waals surface area contributed by atoms with E-state index in [2.05, 4.69) is 27.9 Å². The van der Waals surface area contributed by atoms with Crippen LogP contribution in [0.15, 0.2) is 30.0 Å². The number of aromatic nitrogens is 2. The number of nitriles is 1. The van der Waals surface area contributed by atoms with Crippen molar-refractivity contribution in [1.29, 1.82) is 5.26 Å². The molecule has 0 aliphatic carbocycles. The Kier molecular flexibility index (Phi) is 8.24. The molecular formula is C26H33N5O3. The van der Waals surface area contributed by atoms with Gasteiger partial charge in [0.1, 0.15) is 17.5 Å². The number of carbonyl (C=O) groups is 2. The maximum absolute atomic E-state index is 13.1. The van der Waals surface area contributed by atoms with Crippen LogP contribution in [0.1, 0.15) is 48.3 Å². The average molecular weight is 464 g/mol. The number of nitrogens with zero attached hydrogens (tertiary/aromatic N) is 4. The number of carbonyl (C=O) groups excluding carboxylic acids is 2. The number of hydrogen-bond donors (Lipinski definition) is 1. The molecule has 0 aromatic carbocycles. The molecule has 1 aliphatic rings. The van der Waals surface area contributed by atoms with E-state index in [1.165, 1.54) is 0 Å². The SMILES string of the molecule is COCC(C)n1c(C)cc(/C=C(/C#N)C(=O)N2CCC(C(=O)Nc3ccc(C)cn3)CC2)c1C. The molecule has 0 saturated carbocycles. The first kappa shape index (κ1) is 25.2. The Balaban J connectivity index is 1.65. The van der Waals surface area contributed by atoms with Crippen LogP contribution < -0.4 is 5.32 Å². The highest BCUT2D eigenvalue weighted by Gasteiger charge is 2.29. The summed E-state index contributed by atoms with van der Waals surface area (Å²) in [5.74, 6) is -0.0440. The summed E-state index contributed by atoms with van der Waals surface area (Å²) in [5, 5.41) is 12.6. The molecule has 1 fully saturated rings. The van der Waals surface area contributed by atoms with Gasteiger partial charge in [0.05, 0.1) is 12.6 Å². The van der Waals surface area contributed by atoms with Crippen molar-refractivity contribution in [3.8, 4) is 6.07 Å². The number of nitrogens with one attached hydrogen (secondary N) is 1. The van der Waals surface area contributed by atoms with Gasteiger partial charge in [-0.1, -0.05) is 6.07 Å². The van der Waals surface area contributed by atoms with Gasteiger partial charge in [0.15, 0.2) is 0 Å². The van der Waals surface area contributed by atoms with Gasteiger partial charge in [-0.25, -0.2) is 4.98 Å². The van der Waals surface area contributed by atoms with Crippen molar-refractivity contribution in [2.75, 3.05) is 32.1 Å². The second-order valence-electron chi connectivity index (χ2n) is 8.95. The van der Waals surface area contributed by atoms with Gasteiger partial charge >= 0.3 is 0 Å². The number of likely N-dealkylation sites (tertiary alicyclic amines) is 1. The fourth-order valence-electron chi connectivity index (χ4n) is 4.53. The highest BCUT2D eigenvalue weighted by molar-refractivity contribution is 6.02. The summed E-state index contributed by atoms with van der Waals surface area (Å²) in [4.78, 5) is 31.6. The van der Waals surface area contributed by atoms with Gasteiger partial charge in [-0.3, -0.25) is 9.59 Å². The zero-order valence-corrected chi connectivity index (χ0v) is 20.6. The van der Waals surface area contributed by atoms with E-state index in [-0.39, 0.29) is 29.3 Å². The average Bonchev–Trinajstić information content (AvgIpc) is 3.11. The molecule has 2 amide bonds. The Morgan fingerprint density at radius 1 is 1.29 bits per heavy atom. The minimum absolute atomic E-state index is 0.0860. The molecule has 3 rings (SSSR count). The van der Waals surface area contributed by atoms with Crippen molar-refractivity contribution in [1.82, 2.24) is 14.5 Å². The summed E-state index contributed by atoms with van der Waals surface area (Å²) in [7, 11) is 1.67. The van der Waals surface area contributed by atoms with E-state index < -0.39 is 0 Å². The molecular weight excluding hydrogens is 430 g/mol. The molecule has 180 valence electrons. The third-order valence-corrected chi connectivity index (χ3v) is 6.34. The molecule has 2 aromatic heterocycles.